The van der Waals surface area contributed by atoms with Crippen molar-refractivity contribution in [1.29, 1.82) is 0 Å². The Morgan fingerprint density at radius 2 is 1.89 bits per heavy atom. The number of nitrogens with one attached hydrogen (secondary N) is 1. The minimum Gasteiger partial charge on any atom is -0.306 e. The number of aryl methyl sites for hydroxylation is 1. The van der Waals surface area contributed by atoms with E-state index in [2.05, 4.69) is 10.3 Å². The molecule has 1 N–H and O–H groups in total. The van der Waals surface area contributed by atoms with Crippen molar-refractivity contribution in [1.82, 2.24) is 10.3 Å². The third-order valence-corrected chi connectivity index (χ3v) is 2.80. The van der Waals surface area contributed by atoms with E-state index in [-0.39, 0.29) is 5.56 Å². The molecule has 0 bridgehead atoms. The Morgan fingerprint density at radius 3 is 2.50 bits per heavy atom. The van der Waals surface area contributed by atoms with E-state index in [1.54, 1.807) is 18.2 Å². The zero-order chi connectivity index (χ0) is 13.3. The molecule has 0 saturated heterocycles. The Hall–Kier alpha value is -1.62. The normalized spacial score (nSPS) is 13.8. The van der Waals surface area contributed by atoms with Crippen LogP contribution < -0.4 is 5.32 Å². The third-order valence-electron chi connectivity index (χ3n) is 2.80. The predicted octanol–water partition coefficient (Wildman–Crippen LogP) is 3.37. The van der Waals surface area contributed by atoms with Crippen LogP contribution in [0.5, 0.6) is 0 Å². The largest absolute Gasteiger partial charge is 0.407 e. The number of fused-ring (bicyclic) bond motifs is 1. The first-order chi connectivity index (χ1) is 8.41. The van der Waals surface area contributed by atoms with Gasteiger partial charge in [0.1, 0.15) is 6.04 Å². The van der Waals surface area contributed by atoms with E-state index < -0.39 is 12.2 Å². The Balaban J connectivity index is 2.49. The van der Waals surface area contributed by atoms with Crippen molar-refractivity contribution in [3.8, 4) is 0 Å². The first-order valence-electron chi connectivity index (χ1n) is 5.53. The van der Waals surface area contributed by atoms with Crippen LogP contribution in [-0.2, 0) is 0 Å². The number of alkyl halides is 3. The summed E-state index contributed by atoms with van der Waals surface area (Å²) in [5.41, 5.74) is 1.75. The molecular weight excluding hydrogens is 241 g/mol. The zero-order valence-corrected chi connectivity index (χ0v) is 10.0. The van der Waals surface area contributed by atoms with E-state index in [0.29, 0.717) is 10.9 Å². The lowest BCUT2D eigenvalue weighted by molar-refractivity contribution is -0.156. The van der Waals surface area contributed by atoms with E-state index in [9.17, 15) is 13.2 Å². The zero-order valence-electron chi connectivity index (χ0n) is 10.0. The second kappa shape index (κ2) is 4.57. The van der Waals surface area contributed by atoms with Gasteiger partial charge in [-0.3, -0.25) is 4.98 Å². The Labute approximate surface area is 103 Å². The summed E-state index contributed by atoms with van der Waals surface area (Å²) in [6.07, 6.45) is -4.31. The molecule has 0 spiro atoms. The number of benzene rings is 1. The molecule has 96 valence electrons. The van der Waals surface area contributed by atoms with Crippen molar-refractivity contribution in [2.45, 2.75) is 19.1 Å². The molecule has 0 aliphatic carbocycles. The molecule has 0 aliphatic heterocycles. The van der Waals surface area contributed by atoms with Crippen molar-refractivity contribution in [3.05, 3.63) is 41.6 Å². The van der Waals surface area contributed by atoms with Gasteiger partial charge < -0.3 is 5.32 Å². The summed E-state index contributed by atoms with van der Waals surface area (Å²) in [6.45, 7) is 1.85. The van der Waals surface area contributed by atoms with Gasteiger partial charge >= 0.3 is 6.18 Å². The molecule has 18 heavy (non-hydrogen) atoms. The number of hydrogen-bond acceptors (Lipinski definition) is 2. The number of rotatable bonds is 2. The first-order valence-corrected chi connectivity index (χ1v) is 5.53. The van der Waals surface area contributed by atoms with Gasteiger partial charge in [-0.2, -0.15) is 13.2 Å². The van der Waals surface area contributed by atoms with Gasteiger partial charge in [0, 0.05) is 11.1 Å². The van der Waals surface area contributed by atoms with Crippen molar-refractivity contribution in [2.24, 2.45) is 0 Å². The lowest BCUT2D eigenvalue weighted by atomic mass is 10.0. The standard InChI is InChI=1S/C13H13F3N2/c1-8-3-4-9-7-10(5-6-11(9)18-8)12(17-2)13(14,15)16/h3-7,12,17H,1-2H3. The van der Waals surface area contributed by atoms with Crippen LogP contribution in [0.4, 0.5) is 13.2 Å². The molecule has 2 aromatic rings. The van der Waals surface area contributed by atoms with Crippen LogP contribution in [-0.4, -0.2) is 18.2 Å². The highest BCUT2D eigenvalue weighted by molar-refractivity contribution is 5.79. The SMILES string of the molecule is CNC(c1ccc2nc(C)ccc2c1)C(F)(F)F. The average molecular weight is 254 g/mol. The summed E-state index contributed by atoms with van der Waals surface area (Å²) in [6, 6.07) is 6.52. The number of halogens is 3. The van der Waals surface area contributed by atoms with E-state index in [0.717, 1.165) is 5.69 Å². The molecule has 1 aromatic heterocycles. The van der Waals surface area contributed by atoms with Crippen LogP contribution in [0.15, 0.2) is 30.3 Å². The molecular formula is C13H13F3N2. The summed E-state index contributed by atoms with van der Waals surface area (Å²) in [5, 5.41) is 3.00. The van der Waals surface area contributed by atoms with Crippen molar-refractivity contribution in [2.75, 3.05) is 7.05 Å². The van der Waals surface area contributed by atoms with E-state index >= 15 is 0 Å². The molecule has 5 heteroatoms. The molecule has 0 aliphatic rings. The molecule has 0 amide bonds. The number of aromatic nitrogens is 1. The second-order valence-corrected chi connectivity index (χ2v) is 4.17. The van der Waals surface area contributed by atoms with Crippen LogP contribution in [0.3, 0.4) is 0 Å². The maximum absolute atomic E-state index is 12.8. The van der Waals surface area contributed by atoms with Crippen LogP contribution >= 0.6 is 0 Å². The van der Waals surface area contributed by atoms with Crippen LogP contribution in [0, 0.1) is 6.92 Å². The number of pyridine rings is 1. The highest BCUT2D eigenvalue weighted by atomic mass is 19.4. The van der Waals surface area contributed by atoms with Gasteiger partial charge in [-0.1, -0.05) is 12.1 Å². The molecule has 1 aromatic carbocycles. The fourth-order valence-corrected chi connectivity index (χ4v) is 1.94. The summed E-state index contributed by atoms with van der Waals surface area (Å²) in [4.78, 5) is 4.26. The average Bonchev–Trinajstić information content (AvgIpc) is 2.28. The minimum absolute atomic E-state index is 0.197. The number of hydrogen-bond donors (Lipinski definition) is 1. The van der Waals surface area contributed by atoms with Crippen molar-refractivity contribution in [3.63, 3.8) is 0 Å². The van der Waals surface area contributed by atoms with Gasteiger partial charge in [0.25, 0.3) is 0 Å². The molecule has 2 nitrogen and oxygen atoms in total. The summed E-state index contributed by atoms with van der Waals surface area (Å²) in [5.74, 6) is 0. The van der Waals surface area contributed by atoms with Gasteiger partial charge in [0.15, 0.2) is 0 Å². The molecule has 0 saturated carbocycles. The Morgan fingerprint density at radius 1 is 1.17 bits per heavy atom. The quantitative estimate of drug-likeness (QED) is 0.888. The van der Waals surface area contributed by atoms with E-state index in [1.807, 2.05) is 6.92 Å². The highest BCUT2D eigenvalue weighted by Gasteiger charge is 2.39. The van der Waals surface area contributed by atoms with Gasteiger partial charge in [0.2, 0.25) is 0 Å². The molecule has 1 heterocycles. The van der Waals surface area contributed by atoms with Crippen LogP contribution in [0.1, 0.15) is 17.3 Å². The number of nitrogens with zero attached hydrogens (tertiary/aromatic N) is 1. The lowest BCUT2D eigenvalue weighted by Gasteiger charge is -2.20. The predicted molar refractivity (Wildman–Crippen MR) is 64.3 cm³/mol. The second-order valence-electron chi connectivity index (χ2n) is 4.17. The summed E-state index contributed by atoms with van der Waals surface area (Å²) < 4.78 is 38.4. The molecule has 2 rings (SSSR count). The fourth-order valence-electron chi connectivity index (χ4n) is 1.94. The Kier molecular flexibility index (Phi) is 3.26. The summed E-state index contributed by atoms with van der Waals surface area (Å²) >= 11 is 0. The highest BCUT2D eigenvalue weighted by Crippen LogP contribution is 2.33. The van der Waals surface area contributed by atoms with Gasteiger partial charge in [0.05, 0.1) is 5.52 Å². The monoisotopic (exact) mass is 254 g/mol. The van der Waals surface area contributed by atoms with Crippen LogP contribution in [0.2, 0.25) is 0 Å². The fraction of sp³-hybridized carbons (Fsp3) is 0.308. The van der Waals surface area contributed by atoms with Crippen LogP contribution in [0.25, 0.3) is 10.9 Å². The molecule has 0 fully saturated rings. The van der Waals surface area contributed by atoms with Crippen molar-refractivity contribution < 1.29 is 13.2 Å². The Bertz CT molecular complexity index is 564. The minimum atomic E-state index is -4.31. The van der Waals surface area contributed by atoms with Gasteiger partial charge in [-0.15, -0.1) is 0 Å². The van der Waals surface area contributed by atoms with E-state index in [1.165, 1.54) is 19.2 Å². The smallest absolute Gasteiger partial charge is 0.306 e. The van der Waals surface area contributed by atoms with Crippen molar-refractivity contribution >= 4 is 10.9 Å². The maximum Gasteiger partial charge on any atom is 0.407 e. The third kappa shape index (κ3) is 2.46. The van der Waals surface area contributed by atoms with Gasteiger partial charge in [-0.05, 0) is 37.7 Å². The molecule has 0 radical (unpaired) electrons. The molecule has 1 atom stereocenters. The first kappa shape index (κ1) is 12.8. The van der Waals surface area contributed by atoms with E-state index in [4.69, 9.17) is 0 Å². The topological polar surface area (TPSA) is 24.9 Å². The van der Waals surface area contributed by atoms with Gasteiger partial charge in [-0.25, -0.2) is 0 Å². The maximum atomic E-state index is 12.8. The molecule has 1 unspecified atom stereocenters. The lowest BCUT2D eigenvalue weighted by Crippen LogP contribution is -2.31. The summed E-state index contributed by atoms with van der Waals surface area (Å²) in [7, 11) is 1.30.